The van der Waals surface area contributed by atoms with Crippen LogP contribution < -0.4 is 9.64 Å². The number of nitrogens with zero attached hydrogens (tertiary/aromatic N) is 5. The molecule has 2 aromatic rings. The fourth-order valence-corrected chi connectivity index (χ4v) is 5.18. The lowest BCUT2D eigenvalue weighted by Crippen LogP contribution is -2.42. The smallest absolute Gasteiger partial charge is 0.243 e. The molecule has 33 heavy (non-hydrogen) atoms. The van der Waals surface area contributed by atoms with Gasteiger partial charge in [0.05, 0.1) is 36.0 Å². The first-order chi connectivity index (χ1) is 16.1. The molecule has 3 aliphatic rings. The lowest BCUT2D eigenvalue weighted by molar-refractivity contribution is -0.123. The van der Waals surface area contributed by atoms with Crippen molar-refractivity contribution in [3.8, 4) is 11.8 Å². The number of ether oxygens (including phenoxy) is 1. The summed E-state index contributed by atoms with van der Waals surface area (Å²) in [5.41, 5.74) is 1.73. The Hall–Kier alpha value is -3.99. The van der Waals surface area contributed by atoms with E-state index in [1.54, 1.807) is 55.6 Å². The van der Waals surface area contributed by atoms with Gasteiger partial charge in [0.2, 0.25) is 11.8 Å². The number of azo groups is 1. The van der Waals surface area contributed by atoms with Gasteiger partial charge in [-0.3, -0.25) is 9.59 Å². The minimum absolute atomic E-state index is 0.0845. The molecule has 3 atom stereocenters. The summed E-state index contributed by atoms with van der Waals surface area (Å²) in [6, 6.07) is 18.0. The Morgan fingerprint density at radius 3 is 2.52 bits per heavy atom. The highest BCUT2D eigenvalue weighted by molar-refractivity contribution is 6.23. The van der Waals surface area contributed by atoms with Crippen LogP contribution in [0, 0.1) is 23.2 Å². The van der Waals surface area contributed by atoms with Crippen LogP contribution in [0.1, 0.15) is 19.3 Å². The van der Waals surface area contributed by atoms with Crippen molar-refractivity contribution < 1.29 is 14.3 Å². The number of hydrogen-bond donors (Lipinski definition) is 0. The Morgan fingerprint density at radius 1 is 1.06 bits per heavy atom. The van der Waals surface area contributed by atoms with E-state index in [0.717, 1.165) is 19.3 Å². The quantitative estimate of drug-likeness (QED) is 0.403. The van der Waals surface area contributed by atoms with Gasteiger partial charge in [0, 0.05) is 12.6 Å². The maximum absolute atomic E-state index is 13.6. The van der Waals surface area contributed by atoms with Crippen molar-refractivity contribution in [2.24, 2.45) is 22.1 Å². The van der Waals surface area contributed by atoms with E-state index >= 15 is 0 Å². The first-order valence-electron chi connectivity index (χ1n) is 11.0. The first kappa shape index (κ1) is 20.9. The van der Waals surface area contributed by atoms with Crippen molar-refractivity contribution in [1.82, 2.24) is 4.90 Å². The first-order valence-corrected chi connectivity index (χ1v) is 11.0. The van der Waals surface area contributed by atoms with Crippen LogP contribution >= 0.6 is 0 Å². The summed E-state index contributed by atoms with van der Waals surface area (Å²) < 4.78 is 5.16. The Morgan fingerprint density at radius 2 is 1.82 bits per heavy atom. The number of para-hydroxylation sites is 1. The second-order valence-electron chi connectivity index (χ2n) is 8.35. The van der Waals surface area contributed by atoms with Gasteiger partial charge in [0.1, 0.15) is 11.8 Å². The van der Waals surface area contributed by atoms with Crippen LogP contribution in [0.25, 0.3) is 0 Å². The van der Waals surface area contributed by atoms with Crippen molar-refractivity contribution >= 4 is 23.2 Å². The number of rotatable bonds is 4. The van der Waals surface area contributed by atoms with Crippen molar-refractivity contribution in [3.63, 3.8) is 0 Å². The molecular weight excluding hydrogens is 418 g/mol. The third-order valence-corrected chi connectivity index (χ3v) is 6.62. The van der Waals surface area contributed by atoms with E-state index in [4.69, 9.17) is 4.74 Å². The zero-order valence-corrected chi connectivity index (χ0v) is 18.2. The predicted octanol–water partition coefficient (Wildman–Crippen LogP) is 4.19. The molecule has 166 valence electrons. The molecule has 0 radical (unpaired) electrons. The van der Waals surface area contributed by atoms with Crippen molar-refractivity contribution in [1.29, 1.82) is 5.26 Å². The number of amides is 2. The number of methoxy groups -OCH3 is 1. The van der Waals surface area contributed by atoms with E-state index in [0.29, 0.717) is 29.4 Å². The number of imide groups is 1. The fraction of sp³-hybridized carbons (Fsp3) is 0.320. The van der Waals surface area contributed by atoms with Gasteiger partial charge in [-0.15, -0.1) is 10.2 Å². The molecule has 0 saturated carbocycles. The van der Waals surface area contributed by atoms with Gasteiger partial charge in [-0.25, -0.2) is 4.90 Å². The highest BCUT2D eigenvalue weighted by Crippen LogP contribution is 2.50. The molecule has 2 aromatic carbocycles. The zero-order chi connectivity index (χ0) is 22.9. The summed E-state index contributed by atoms with van der Waals surface area (Å²) in [5.74, 6) is -1.03. The van der Waals surface area contributed by atoms with Gasteiger partial charge >= 0.3 is 0 Å². The van der Waals surface area contributed by atoms with Crippen LogP contribution in [-0.4, -0.2) is 36.4 Å². The largest absolute Gasteiger partial charge is 0.497 e. The van der Waals surface area contributed by atoms with E-state index in [2.05, 4.69) is 21.2 Å². The number of benzene rings is 2. The second kappa shape index (κ2) is 8.51. The maximum Gasteiger partial charge on any atom is 0.243 e. The standard InChI is InChI=1S/C25H23N5O3/c1-33-18-12-10-16(11-13-18)27-28-19(15-26)23-22-21(20-9-5-6-14-29(20)23)24(31)30(25(22)32)17-7-3-2-4-8-17/h2-4,7-8,10-13,20-22H,5-6,9,14H2,1H3/b23-19-,28-27?/t20-,21+,22+/m1/s1. The Bertz CT molecular complexity index is 1180. The van der Waals surface area contributed by atoms with Gasteiger partial charge < -0.3 is 9.64 Å². The molecule has 3 saturated heterocycles. The molecule has 0 aromatic heterocycles. The molecule has 3 heterocycles. The summed E-state index contributed by atoms with van der Waals surface area (Å²) >= 11 is 0. The van der Waals surface area contributed by atoms with Crippen molar-refractivity contribution in [2.45, 2.75) is 25.3 Å². The summed E-state index contributed by atoms with van der Waals surface area (Å²) in [6.07, 6.45) is 2.74. The number of hydrogen-bond acceptors (Lipinski definition) is 7. The normalized spacial score (nSPS) is 25.8. The Kier molecular flexibility index (Phi) is 5.38. The molecule has 3 fully saturated rings. The Labute approximate surface area is 191 Å². The van der Waals surface area contributed by atoms with E-state index in [1.165, 1.54) is 4.90 Å². The van der Waals surface area contributed by atoms with Crippen LogP contribution in [0.15, 0.2) is 76.2 Å². The van der Waals surface area contributed by atoms with E-state index < -0.39 is 11.8 Å². The van der Waals surface area contributed by atoms with Crippen LogP contribution in [0.4, 0.5) is 11.4 Å². The molecule has 0 N–H and O–H groups in total. The summed E-state index contributed by atoms with van der Waals surface area (Å²) in [4.78, 5) is 30.4. The molecule has 0 bridgehead atoms. The molecular formula is C25H23N5O3. The molecule has 3 aliphatic heterocycles. The Balaban J connectivity index is 1.56. The SMILES string of the molecule is COc1ccc(N=N/C(C#N)=C2/[C@H]3C(=O)N(c4ccccc4)C(=O)[C@H]3[C@H]3CCCCN23)cc1. The minimum atomic E-state index is -0.717. The number of nitriles is 1. The second-order valence-corrected chi connectivity index (χ2v) is 8.35. The highest BCUT2D eigenvalue weighted by Gasteiger charge is 2.61. The fourth-order valence-electron chi connectivity index (χ4n) is 5.18. The van der Waals surface area contributed by atoms with Gasteiger partial charge in [-0.2, -0.15) is 5.26 Å². The van der Waals surface area contributed by atoms with Gasteiger partial charge in [0.25, 0.3) is 0 Å². The van der Waals surface area contributed by atoms with Crippen molar-refractivity contribution in [2.75, 3.05) is 18.6 Å². The molecule has 0 spiro atoms. The number of fused-ring (bicyclic) bond motifs is 3. The van der Waals surface area contributed by atoms with Gasteiger partial charge in [0.15, 0.2) is 5.70 Å². The lowest BCUT2D eigenvalue weighted by atomic mass is 9.88. The number of carbonyl (C=O) groups is 2. The van der Waals surface area contributed by atoms with Crippen LogP contribution in [-0.2, 0) is 9.59 Å². The topological polar surface area (TPSA) is 98.4 Å². The van der Waals surface area contributed by atoms with Gasteiger partial charge in [-0.1, -0.05) is 18.2 Å². The zero-order valence-electron chi connectivity index (χ0n) is 18.2. The maximum atomic E-state index is 13.6. The summed E-state index contributed by atoms with van der Waals surface area (Å²) in [6.45, 7) is 0.697. The monoisotopic (exact) mass is 441 g/mol. The average Bonchev–Trinajstić information content (AvgIpc) is 3.33. The molecule has 0 aliphatic carbocycles. The molecule has 8 nitrogen and oxygen atoms in total. The van der Waals surface area contributed by atoms with E-state index in [-0.39, 0.29) is 23.6 Å². The number of carbonyl (C=O) groups excluding carboxylic acids is 2. The van der Waals surface area contributed by atoms with Crippen molar-refractivity contribution in [3.05, 3.63) is 66.0 Å². The number of allylic oxidation sites excluding steroid dienone is 1. The average molecular weight is 441 g/mol. The summed E-state index contributed by atoms with van der Waals surface area (Å²) in [7, 11) is 1.58. The third kappa shape index (κ3) is 3.46. The van der Waals surface area contributed by atoms with Crippen LogP contribution in [0.3, 0.4) is 0 Å². The van der Waals surface area contributed by atoms with E-state index in [9.17, 15) is 14.9 Å². The van der Waals surface area contributed by atoms with Crippen LogP contribution in [0.5, 0.6) is 5.75 Å². The molecule has 2 amide bonds. The third-order valence-electron chi connectivity index (χ3n) is 6.62. The highest BCUT2D eigenvalue weighted by atomic mass is 16.5. The lowest BCUT2D eigenvalue weighted by Gasteiger charge is -2.35. The van der Waals surface area contributed by atoms with E-state index in [1.807, 2.05) is 6.07 Å². The minimum Gasteiger partial charge on any atom is -0.497 e. The van der Waals surface area contributed by atoms with Crippen LogP contribution in [0.2, 0.25) is 0 Å². The summed E-state index contributed by atoms with van der Waals surface area (Å²) in [5, 5.41) is 18.4. The molecule has 5 rings (SSSR count). The predicted molar refractivity (Wildman–Crippen MR) is 120 cm³/mol. The molecule has 8 heteroatoms. The van der Waals surface area contributed by atoms with Gasteiger partial charge in [-0.05, 0) is 55.7 Å². The number of anilines is 1. The number of piperidine rings is 1. The molecule has 0 unspecified atom stereocenters.